The van der Waals surface area contributed by atoms with Crippen LogP contribution in [0.3, 0.4) is 0 Å². The van der Waals surface area contributed by atoms with Crippen molar-refractivity contribution in [2.24, 2.45) is 0 Å². The molecule has 0 radical (unpaired) electrons. The summed E-state index contributed by atoms with van der Waals surface area (Å²) < 4.78 is 1.93. The maximum atomic E-state index is 8.80. The predicted octanol–water partition coefficient (Wildman–Crippen LogP) is 3.12. The first-order valence-corrected chi connectivity index (χ1v) is 7.32. The van der Waals surface area contributed by atoms with Gasteiger partial charge in [0, 0.05) is 29.2 Å². The average molecular weight is 295 g/mol. The number of rotatable bonds is 4. The molecule has 0 bridgehead atoms. The number of thiophene rings is 1. The largest absolute Gasteiger partial charge is 0.379 e. The van der Waals surface area contributed by atoms with Gasteiger partial charge in [0.15, 0.2) is 0 Å². The Morgan fingerprint density at radius 2 is 2.29 bits per heavy atom. The normalized spacial score (nSPS) is 10.3. The van der Waals surface area contributed by atoms with E-state index in [1.807, 2.05) is 41.3 Å². The van der Waals surface area contributed by atoms with Crippen LogP contribution in [-0.4, -0.2) is 14.5 Å². The van der Waals surface area contributed by atoms with Crippen molar-refractivity contribution < 1.29 is 0 Å². The van der Waals surface area contributed by atoms with Crippen LogP contribution in [0.2, 0.25) is 0 Å². The summed E-state index contributed by atoms with van der Waals surface area (Å²) in [6, 6.07) is 7.97. The highest BCUT2D eigenvalue weighted by molar-refractivity contribution is 7.10. The molecule has 1 N–H and O–H groups in total. The molecule has 5 nitrogen and oxygen atoms in total. The van der Waals surface area contributed by atoms with Gasteiger partial charge in [-0.05, 0) is 25.1 Å². The highest BCUT2D eigenvalue weighted by Gasteiger charge is 2.03. The molecule has 0 aliphatic heterocycles. The van der Waals surface area contributed by atoms with Gasteiger partial charge in [0.1, 0.15) is 17.7 Å². The molecule has 0 unspecified atom stereocenters. The van der Waals surface area contributed by atoms with Crippen molar-refractivity contribution >= 4 is 17.0 Å². The smallest absolute Gasteiger partial charge is 0.138 e. The summed E-state index contributed by atoms with van der Waals surface area (Å²) in [6.07, 6.45) is 5.44. The van der Waals surface area contributed by atoms with Gasteiger partial charge in [0.25, 0.3) is 0 Å². The van der Waals surface area contributed by atoms with E-state index in [1.54, 1.807) is 23.7 Å². The van der Waals surface area contributed by atoms with Gasteiger partial charge in [-0.25, -0.2) is 9.97 Å². The molecule has 3 aromatic heterocycles. The molecular weight excluding hydrogens is 282 g/mol. The SMILES string of the molecule is Cc1nccn1-c1ccc(NCc2cc(C#N)cs2)cn1. The van der Waals surface area contributed by atoms with Crippen LogP contribution in [0, 0.1) is 18.3 Å². The van der Waals surface area contributed by atoms with Gasteiger partial charge < -0.3 is 5.32 Å². The second-order valence-electron chi connectivity index (χ2n) is 4.52. The lowest BCUT2D eigenvalue weighted by Gasteiger charge is -2.07. The van der Waals surface area contributed by atoms with Crippen molar-refractivity contribution in [2.75, 3.05) is 5.32 Å². The summed E-state index contributed by atoms with van der Waals surface area (Å²) in [7, 11) is 0. The van der Waals surface area contributed by atoms with E-state index in [9.17, 15) is 0 Å². The lowest BCUT2D eigenvalue weighted by atomic mass is 10.3. The van der Waals surface area contributed by atoms with Crippen LogP contribution in [0.25, 0.3) is 5.82 Å². The number of imidazole rings is 1. The summed E-state index contributed by atoms with van der Waals surface area (Å²) >= 11 is 1.58. The Balaban J connectivity index is 1.67. The molecular formula is C15H13N5S. The standard InChI is InChI=1S/C15H13N5S/c1-11-17-4-5-20(11)15-3-2-13(8-19-15)18-9-14-6-12(7-16)10-21-14/h2-6,8,10,18H,9H2,1H3. The Hall–Kier alpha value is -2.65. The summed E-state index contributed by atoms with van der Waals surface area (Å²) in [5.74, 6) is 1.75. The molecule has 6 heteroatoms. The molecule has 3 heterocycles. The number of pyridine rings is 1. The third-order valence-corrected chi connectivity index (χ3v) is 4.01. The van der Waals surface area contributed by atoms with Crippen LogP contribution in [-0.2, 0) is 6.54 Å². The second kappa shape index (κ2) is 5.77. The lowest BCUT2D eigenvalue weighted by Crippen LogP contribution is -2.01. The minimum Gasteiger partial charge on any atom is -0.379 e. The van der Waals surface area contributed by atoms with Crippen LogP contribution in [0.15, 0.2) is 42.2 Å². The van der Waals surface area contributed by atoms with Gasteiger partial charge in [-0.15, -0.1) is 11.3 Å². The fourth-order valence-electron chi connectivity index (χ4n) is 1.97. The van der Waals surface area contributed by atoms with Gasteiger partial charge in [-0.1, -0.05) is 0 Å². The zero-order valence-electron chi connectivity index (χ0n) is 11.4. The highest BCUT2D eigenvalue weighted by Crippen LogP contribution is 2.17. The number of hydrogen-bond donors (Lipinski definition) is 1. The maximum absolute atomic E-state index is 8.80. The number of hydrogen-bond acceptors (Lipinski definition) is 5. The van der Waals surface area contributed by atoms with E-state index in [-0.39, 0.29) is 0 Å². The topological polar surface area (TPSA) is 66.5 Å². The minimum atomic E-state index is 0.692. The zero-order chi connectivity index (χ0) is 14.7. The summed E-state index contributed by atoms with van der Waals surface area (Å²) in [5, 5.41) is 14.0. The molecule has 3 aromatic rings. The number of anilines is 1. The number of nitriles is 1. The molecule has 0 atom stereocenters. The van der Waals surface area contributed by atoms with E-state index in [0.29, 0.717) is 12.1 Å². The van der Waals surface area contributed by atoms with Crippen molar-refractivity contribution in [2.45, 2.75) is 13.5 Å². The summed E-state index contributed by atoms with van der Waals surface area (Å²) in [4.78, 5) is 9.74. The molecule has 0 aliphatic rings. The molecule has 0 saturated heterocycles. The van der Waals surface area contributed by atoms with Crippen LogP contribution in [0.1, 0.15) is 16.3 Å². The first kappa shape index (κ1) is 13.3. The van der Waals surface area contributed by atoms with E-state index in [2.05, 4.69) is 21.4 Å². The van der Waals surface area contributed by atoms with Gasteiger partial charge >= 0.3 is 0 Å². The van der Waals surface area contributed by atoms with E-state index in [0.717, 1.165) is 22.2 Å². The first-order valence-electron chi connectivity index (χ1n) is 6.44. The van der Waals surface area contributed by atoms with Gasteiger partial charge in [-0.2, -0.15) is 5.26 Å². The Labute approximate surface area is 126 Å². The van der Waals surface area contributed by atoms with Crippen molar-refractivity contribution in [1.82, 2.24) is 14.5 Å². The molecule has 104 valence electrons. The van der Waals surface area contributed by atoms with Crippen LogP contribution < -0.4 is 5.32 Å². The zero-order valence-corrected chi connectivity index (χ0v) is 12.3. The van der Waals surface area contributed by atoms with E-state index in [4.69, 9.17) is 5.26 Å². The fraction of sp³-hybridized carbons (Fsp3) is 0.133. The molecule has 0 fully saturated rings. The third-order valence-electron chi connectivity index (χ3n) is 3.07. The molecule has 0 aliphatic carbocycles. The van der Waals surface area contributed by atoms with E-state index < -0.39 is 0 Å². The van der Waals surface area contributed by atoms with Crippen molar-refractivity contribution in [3.8, 4) is 11.9 Å². The highest BCUT2D eigenvalue weighted by atomic mass is 32.1. The molecule has 3 rings (SSSR count). The Kier molecular flexibility index (Phi) is 3.67. The summed E-state index contributed by atoms with van der Waals surface area (Å²) in [5.41, 5.74) is 1.66. The molecule has 0 spiro atoms. The second-order valence-corrected chi connectivity index (χ2v) is 5.51. The monoisotopic (exact) mass is 295 g/mol. The Morgan fingerprint density at radius 1 is 1.38 bits per heavy atom. The van der Waals surface area contributed by atoms with Crippen LogP contribution in [0.4, 0.5) is 5.69 Å². The quantitative estimate of drug-likeness (QED) is 0.803. The Bertz CT molecular complexity index is 779. The number of aryl methyl sites for hydroxylation is 1. The van der Waals surface area contributed by atoms with Crippen molar-refractivity contribution in [3.05, 3.63) is 58.4 Å². The van der Waals surface area contributed by atoms with Gasteiger partial charge in [0.05, 0.1) is 17.4 Å². The third kappa shape index (κ3) is 2.93. The number of nitrogens with one attached hydrogen (secondary N) is 1. The fourth-order valence-corrected chi connectivity index (χ4v) is 2.72. The first-order chi connectivity index (χ1) is 10.3. The predicted molar refractivity (Wildman–Crippen MR) is 82.5 cm³/mol. The Morgan fingerprint density at radius 3 is 2.90 bits per heavy atom. The van der Waals surface area contributed by atoms with Crippen molar-refractivity contribution in [3.63, 3.8) is 0 Å². The van der Waals surface area contributed by atoms with E-state index >= 15 is 0 Å². The van der Waals surface area contributed by atoms with Gasteiger partial charge in [-0.3, -0.25) is 4.57 Å². The average Bonchev–Trinajstić information content (AvgIpc) is 3.14. The van der Waals surface area contributed by atoms with Crippen LogP contribution in [0.5, 0.6) is 0 Å². The molecule has 0 amide bonds. The van der Waals surface area contributed by atoms with Gasteiger partial charge in [0.2, 0.25) is 0 Å². The molecule has 21 heavy (non-hydrogen) atoms. The maximum Gasteiger partial charge on any atom is 0.138 e. The number of nitrogens with zero attached hydrogens (tertiary/aromatic N) is 4. The van der Waals surface area contributed by atoms with E-state index in [1.165, 1.54) is 0 Å². The van der Waals surface area contributed by atoms with Crippen LogP contribution >= 0.6 is 11.3 Å². The number of aromatic nitrogens is 3. The molecule has 0 aromatic carbocycles. The lowest BCUT2D eigenvalue weighted by molar-refractivity contribution is 0.932. The summed E-state index contributed by atoms with van der Waals surface area (Å²) in [6.45, 7) is 2.63. The minimum absolute atomic E-state index is 0.692. The van der Waals surface area contributed by atoms with Crippen molar-refractivity contribution in [1.29, 1.82) is 5.26 Å². The molecule has 0 saturated carbocycles.